The summed E-state index contributed by atoms with van der Waals surface area (Å²) in [4.78, 5) is 16.2. The molecule has 1 saturated heterocycles. The Labute approximate surface area is 126 Å². The van der Waals surface area contributed by atoms with Gasteiger partial charge in [-0.05, 0) is 45.9 Å². The molecule has 1 fully saturated rings. The molecule has 118 valence electrons. The van der Waals surface area contributed by atoms with Gasteiger partial charge in [-0.1, -0.05) is 6.92 Å². The number of aromatic hydroxyl groups is 1. The van der Waals surface area contributed by atoms with Gasteiger partial charge in [0.15, 0.2) is 5.75 Å². The summed E-state index contributed by atoms with van der Waals surface area (Å²) in [6.45, 7) is 6.92. The summed E-state index contributed by atoms with van der Waals surface area (Å²) in [5.74, 6) is 0.641. The van der Waals surface area contributed by atoms with Crippen LogP contribution in [0.4, 0.5) is 0 Å². The van der Waals surface area contributed by atoms with E-state index in [0.717, 1.165) is 44.3 Å². The monoisotopic (exact) mass is 293 g/mol. The van der Waals surface area contributed by atoms with Crippen molar-refractivity contribution in [2.75, 3.05) is 33.7 Å². The molecule has 21 heavy (non-hydrogen) atoms. The highest BCUT2D eigenvalue weighted by molar-refractivity contribution is 5.20. The standard InChI is InChI=1S/C16H27N3O2/c1-13-4-6-18(7-5-13)11-14-10-15(20)16(21)12-19(14)9-8-17(2)3/h10,12-13,21H,4-9,11H2,1-3H3. The molecule has 0 unspecified atom stereocenters. The van der Waals surface area contributed by atoms with Gasteiger partial charge < -0.3 is 14.6 Å². The molecule has 1 aromatic heterocycles. The highest BCUT2D eigenvalue weighted by Crippen LogP contribution is 2.18. The van der Waals surface area contributed by atoms with E-state index in [9.17, 15) is 9.90 Å². The third-order valence-electron chi connectivity index (χ3n) is 4.25. The first-order chi connectivity index (χ1) is 9.95. The largest absolute Gasteiger partial charge is 0.503 e. The molecule has 0 spiro atoms. The Balaban J connectivity index is 2.12. The minimum atomic E-state index is -0.281. The molecular weight excluding hydrogens is 266 g/mol. The van der Waals surface area contributed by atoms with Crippen LogP contribution in [0.25, 0.3) is 0 Å². The maximum absolute atomic E-state index is 11.7. The van der Waals surface area contributed by atoms with E-state index < -0.39 is 0 Å². The molecule has 0 radical (unpaired) electrons. The Bertz CT molecular complexity index is 517. The number of rotatable bonds is 5. The molecule has 0 aromatic carbocycles. The summed E-state index contributed by atoms with van der Waals surface area (Å²) < 4.78 is 2.01. The van der Waals surface area contributed by atoms with Crippen molar-refractivity contribution in [2.24, 2.45) is 5.92 Å². The lowest BCUT2D eigenvalue weighted by molar-refractivity contribution is 0.180. The maximum atomic E-state index is 11.7. The van der Waals surface area contributed by atoms with Gasteiger partial charge in [-0.2, -0.15) is 0 Å². The fourth-order valence-electron chi connectivity index (χ4n) is 2.70. The number of pyridine rings is 1. The lowest BCUT2D eigenvalue weighted by Gasteiger charge is -2.31. The predicted octanol–water partition coefficient (Wildman–Crippen LogP) is 1.35. The van der Waals surface area contributed by atoms with Crippen LogP contribution in [0.1, 0.15) is 25.5 Å². The van der Waals surface area contributed by atoms with Crippen LogP contribution in [0.15, 0.2) is 17.1 Å². The zero-order chi connectivity index (χ0) is 15.4. The SMILES string of the molecule is CC1CCN(Cc2cc(=O)c(O)cn2CCN(C)C)CC1. The summed E-state index contributed by atoms with van der Waals surface area (Å²) in [7, 11) is 4.04. The number of aromatic nitrogens is 1. The second-order valence-electron chi connectivity index (χ2n) is 6.47. The molecule has 0 atom stereocenters. The van der Waals surface area contributed by atoms with E-state index in [1.54, 1.807) is 12.3 Å². The third-order valence-corrected chi connectivity index (χ3v) is 4.25. The minimum Gasteiger partial charge on any atom is -0.503 e. The Morgan fingerprint density at radius 1 is 1.33 bits per heavy atom. The maximum Gasteiger partial charge on any atom is 0.223 e. The van der Waals surface area contributed by atoms with Crippen LogP contribution >= 0.6 is 0 Å². The normalized spacial score (nSPS) is 17.5. The average molecular weight is 293 g/mol. The molecule has 1 aliphatic rings. The van der Waals surface area contributed by atoms with Crippen molar-refractivity contribution in [3.8, 4) is 5.75 Å². The molecule has 0 aliphatic carbocycles. The average Bonchev–Trinajstić information content (AvgIpc) is 2.43. The highest BCUT2D eigenvalue weighted by atomic mass is 16.3. The Morgan fingerprint density at radius 2 is 2.00 bits per heavy atom. The number of hydrogen-bond acceptors (Lipinski definition) is 4. The van der Waals surface area contributed by atoms with Crippen LogP contribution < -0.4 is 5.43 Å². The van der Waals surface area contributed by atoms with Crippen molar-refractivity contribution in [3.05, 3.63) is 28.2 Å². The van der Waals surface area contributed by atoms with Crippen LogP contribution in [-0.4, -0.2) is 53.2 Å². The number of piperidine rings is 1. The molecule has 1 aromatic rings. The predicted molar refractivity (Wildman–Crippen MR) is 84.6 cm³/mol. The fraction of sp³-hybridized carbons (Fsp3) is 0.688. The van der Waals surface area contributed by atoms with Crippen molar-refractivity contribution in [2.45, 2.75) is 32.9 Å². The van der Waals surface area contributed by atoms with Crippen molar-refractivity contribution >= 4 is 0 Å². The van der Waals surface area contributed by atoms with Gasteiger partial charge in [0.05, 0.1) is 6.20 Å². The summed E-state index contributed by atoms with van der Waals surface area (Å²) in [6.07, 6.45) is 4.02. The van der Waals surface area contributed by atoms with Crippen molar-refractivity contribution < 1.29 is 5.11 Å². The summed E-state index contributed by atoms with van der Waals surface area (Å²) >= 11 is 0. The zero-order valence-corrected chi connectivity index (χ0v) is 13.4. The van der Waals surface area contributed by atoms with E-state index in [1.807, 2.05) is 18.7 Å². The molecule has 2 rings (SSSR count). The molecule has 0 saturated carbocycles. The third kappa shape index (κ3) is 4.58. The molecule has 5 nitrogen and oxygen atoms in total. The summed E-state index contributed by atoms with van der Waals surface area (Å²) in [5, 5.41) is 9.67. The van der Waals surface area contributed by atoms with Gasteiger partial charge >= 0.3 is 0 Å². The van der Waals surface area contributed by atoms with E-state index in [2.05, 4.69) is 16.7 Å². The van der Waals surface area contributed by atoms with E-state index in [-0.39, 0.29) is 11.2 Å². The van der Waals surface area contributed by atoms with Crippen molar-refractivity contribution in [3.63, 3.8) is 0 Å². The van der Waals surface area contributed by atoms with Gasteiger partial charge in [-0.25, -0.2) is 0 Å². The van der Waals surface area contributed by atoms with E-state index in [4.69, 9.17) is 0 Å². The molecule has 0 bridgehead atoms. The fourth-order valence-corrected chi connectivity index (χ4v) is 2.70. The quantitative estimate of drug-likeness (QED) is 0.890. The second kappa shape index (κ2) is 7.09. The van der Waals surface area contributed by atoms with Crippen molar-refractivity contribution in [1.29, 1.82) is 0 Å². The topological polar surface area (TPSA) is 48.7 Å². The van der Waals surface area contributed by atoms with Crippen LogP contribution in [0.3, 0.4) is 0 Å². The van der Waals surface area contributed by atoms with E-state index in [0.29, 0.717) is 0 Å². The van der Waals surface area contributed by atoms with Crippen molar-refractivity contribution in [1.82, 2.24) is 14.4 Å². The zero-order valence-electron chi connectivity index (χ0n) is 13.4. The van der Waals surface area contributed by atoms with Crippen LogP contribution in [-0.2, 0) is 13.1 Å². The van der Waals surface area contributed by atoms with Crippen LogP contribution in [0.5, 0.6) is 5.75 Å². The number of likely N-dealkylation sites (N-methyl/N-ethyl adjacent to an activating group) is 1. The van der Waals surface area contributed by atoms with Gasteiger partial charge in [0.2, 0.25) is 5.43 Å². The molecule has 1 aliphatic heterocycles. The van der Waals surface area contributed by atoms with Gasteiger partial charge in [-0.3, -0.25) is 9.69 Å². The van der Waals surface area contributed by atoms with Crippen LogP contribution in [0, 0.1) is 5.92 Å². The second-order valence-corrected chi connectivity index (χ2v) is 6.47. The van der Waals surface area contributed by atoms with Gasteiger partial charge in [-0.15, -0.1) is 0 Å². The Morgan fingerprint density at radius 3 is 2.62 bits per heavy atom. The summed E-state index contributed by atoms with van der Waals surface area (Å²) in [5.41, 5.74) is 0.714. The molecule has 2 heterocycles. The summed E-state index contributed by atoms with van der Waals surface area (Å²) in [6, 6.07) is 1.59. The molecule has 0 amide bonds. The Hall–Kier alpha value is -1.33. The lowest BCUT2D eigenvalue weighted by Crippen LogP contribution is -2.34. The highest BCUT2D eigenvalue weighted by Gasteiger charge is 2.17. The van der Waals surface area contributed by atoms with Gasteiger partial charge in [0.1, 0.15) is 0 Å². The van der Waals surface area contributed by atoms with Gasteiger partial charge in [0, 0.05) is 31.4 Å². The molecule has 1 N–H and O–H groups in total. The number of likely N-dealkylation sites (tertiary alicyclic amines) is 1. The molecule has 5 heteroatoms. The minimum absolute atomic E-state index is 0.162. The lowest BCUT2D eigenvalue weighted by atomic mass is 9.99. The smallest absolute Gasteiger partial charge is 0.223 e. The number of nitrogens with zero attached hydrogens (tertiary/aromatic N) is 3. The first kappa shape index (κ1) is 16.0. The molecular formula is C16H27N3O2. The van der Waals surface area contributed by atoms with E-state index in [1.165, 1.54) is 12.8 Å². The van der Waals surface area contributed by atoms with Gasteiger partial charge in [0.25, 0.3) is 0 Å². The first-order valence-corrected chi connectivity index (χ1v) is 7.75. The van der Waals surface area contributed by atoms with E-state index >= 15 is 0 Å². The first-order valence-electron chi connectivity index (χ1n) is 7.75. The number of hydrogen-bond donors (Lipinski definition) is 1. The Kier molecular flexibility index (Phi) is 5.42. The van der Waals surface area contributed by atoms with Crippen LogP contribution in [0.2, 0.25) is 0 Å².